The molecule has 0 aliphatic carbocycles. The first-order valence-corrected chi connectivity index (χ1v) is 11.7. The molecule has 1 atom stereocenters. The summed E-state index contributed by atoms with van der Waals surface area (Å²) in [5, 5.41) is 0. The molecular formula is C24H34N8O3. The van der Waals surface area contributed by atoms with Crippen LogP contribution in [-0.4, -0.2) is 87.9 Å². The number of anilines is 3. The maximum atomic E-state index is 12.8. The molecule has 2 aromatic rings. The Morgan fingerprint density at radius 1 is 1.17 bits per heavy atom. The molecule has 2 aromatic heterocycles. The highest BCUT2D eigenvalue weighted by Gasteiger charge is 2.45. The van der Waals surface area contributed by atoms with Crippen LogP contribution in [-0.2, 0) is 15.9 Å². The Morgan fingerprint density at radius 2 is 1.89 bits per heavy atom. The van der Waals surface area contributed by atoms with Gasteiger partial charge in [0.15, 0.2) is 0 Å². The number of nitrogens with two attached hydrogens (primary N) is 1. The van der Waals surface area contributed by atoms with Gasteiger partial charge in [0.25, 0.3) is 0 Å². The zero-order valence-corrected chi connectivity index (χ0v) is 20.5. The van der Waals surface area contributed by atoms with Crippen LogP contribution in [0, 0.1) is 0 Å². The number of amides is 1. The number of morpholine rings is 1. The number of aromatic nitrogens is 4. The number of fused-ring (bicyclic) bond motifs is 1. The van der Waals surface area contributed by atoms with Crippen LogP contribution in [0.2, 0.25) is 0 Å². The highest BCUT2D eigenvalue weighted by Crippen LogP contribution is 2.41. The monoisotopic (exact) mass is 486 g/mol. The summed E-state index contributed by atoms with van der Waals surface area (Å²) in [4.78, 5) is 36.0. The third kappa shape index (κ3) is 4.69. The van der Waals surface area contributed by atoms with Crippen molar-refractivity contribution >= 4 is 23.8 Å². The van der Waals surface area contributed by atoms with Crippen molar-refractivity contribution in [3.63, 3.8) is 0 Å². The van der Waals surface area contributed by atoms with E-state index in [2.05, 4.69) is 21.8 Å². The first-order chi connectivity index (χ1) is 18.0. The molecule has 11 heteroatoms. The molecule has 0 aromatic carbocycles. The largest absolute Gasteiger partial charge is 0.444 e. The number of nitrogens with zero attached hydrogens (tertiary/aromatic N) is 7. The number of ether oxygens (including phenoxy) is 2. The average molecular weight is 487 g/mol. The summed E-state index contributed by atoms with van der Waals surface area (Å²) in [6.45, 7) is 4.28. The fourth-order valence-corrected chi connectivity index (χ4v) is 4.73. The van der Waals surface area contributed by atoms with Crippen molar-refractivity contribution in [1.82, 2.24) is 24.8 Å². The van der Waals surface area contributed by atoms with Gasteiger partial charge in [0.2, 0.25) is 11.9 Å². The van der Waals surface area contributed by atoms with Gasteiger partial charge in [-0.3, -0.25) is 0 Å². The van der Waals surface area contributed by atoms with Crippen LogP contribution in [0.4, 0.5) is 22.5 Å². The van der Waals surface area contributed by atoms with Gasteiger partial charge in [0, 0.05) is 56.2 Å². The maximum absolute atomic E-state index is 12.8. The lowest BCUT2D eigenvalue weighted by molar-refractivity contribution is 0.0285. The predicted octanol–water partition coefficient (Wildman–Crippen LogP) is 2.11. The van der Waals surface area contributed by atoms with Crippen molar-refractivity contribution in [3.05, 3.63) is 18.0 Å². The van der Waals surface area contributed by atoms with E-state index in [1.54, 1.807) is 17.3 Å². The second-order valence-corrected chi connectivity index (χ2v) is 10.3. The SMILES string of the molecule is [2H]C1([2H])CN(c2nc(-c3cnc(N)nc3)c3c(n2)N([C@@]2(C)CCN(C(=O)OC(C)(C)C)C2)CC3)CC([2H])([2H])O1. The molecule has 188 valence electrons. The number of likely N-dealkylation sites (tertiary alicyclic amines) is 1. The molecule has 0 unspecified atom stereocenters. The molecule has 3 aliphatic rings. The van der Waals surface area contributed by atoms with E-state index in [1.807, 2.05) is 20.8 Å². The number of hydrogen-bond acceptors (Lipinski definition) is 10. The summed E-state index contributed by atoms with van der Waals surface area (Å²) < 4.78 is 43.0. The Kier molecular flexibility index (Phi) is 4.77. The number of carbonyl (C=O) groups excluding carboxylic acids is 1. The molecule has 5 heterocycles. The summed E-state index contributed by atoms with van der Waals surface area (Å²) in [5.41, 5.74) is 6.76. The summed E-state index contributed by atoms with van der Waals surface area (Å²) in [7, 11) is 0. The molecule has 2 fully saturated rings. The van der Waals surface area contributed by atoms with Crippen LogP contribution in [0.3, 0.4) is 0 Å². The molecule has 0 bridgehead atoms. The van der Waals surface area contributed by atoms with E-state index in [1.165, 1.54) is 4.90 Å². The number of nitrogen functional groups attached to an aromatic ring is 1. The lowest BCUT2D eigenvalue weighted by Gasteiger charge is -2.37. The zero-order chi connectivity index (χ0) is 28.4. The molecule has 0 spiro atoms. The van der Waals surface area contributed by atoms with Gasteiger partial charge < -0.3 is 29.9 Å². The van der Waals surface area contributed by atoms with Crippen LogP contribution in [0.5, 0.6) is 0 Å². The van der Waals surface area contributed by atoms with Crippen molar-refractivity contribution in [1.29, 1.82) is 0 Å². The predicted molar refractivity (Wildman–Crippen MR) is 132 cm³/mol. The lowest BCUT2D eigenvalue weighted by atomic mass is 9.99. The Hall–Kier alpha value is -3.21. The number of hydrogen-bond donors (Lipinski definition) is 1. The Labute approximate surface area is 211 Å². The van der Waals surface area contributed by atoms with E-state index >= 15 is 0 Å². The molecule has 2 saturated heterocycles. The molecule has 35 heavy (non-hydrogen) atoms. The summed E-state index contributed by atoms with van der Waals surface area (Å²) in [6, 6.07) is 0. The van der Waals surface area contributed by atoms with Gasteiger partial charge in [-0.15, -0.1) is 0 Å². The van der Waals surface area contributed by atoms with E-state index in [0.29, 0.717) is 49.6 Å². The van der Waals surface area contributed by atoms with Gasteiger partial charge in [-0.25, -0.2) is 19.7 Å². The topological polar surface area (TPSA) is 123 Å². The first kappa shape index (κ1) is 19.0. The van der Waals surface area contributed by atoms with Crippen LogP contribution in [0.25, 0.3) is 11.3 Å². The fraction of sp³-hybridized carbons (Fsp3) is 0.625. The van der Waals surface area contributed by atoms with E-state index in [0.717, 1.165) is 5.56 Å². The summed E-state index contributed by atoms with van der Waals surface area (Å²) >= 11 is 0. The molecule has 3 aliphatic heterocycles. The van der Waals surface area contributed by atoms with Gasteiger partial charge in [-0.1, -0.05) is 0 Å². The van der Waals surface area contributed by atoms with Gasteiger partial charge in [0.1, 0.15) is 11.4 Å². The van der Waals surface area contributed by atoms with Gasteiger partial charge in [0.05, 0.1) is 29.8 Å². The molecule has 0 saturated carbocycles. The first-order valence-electron chi connectivity index (χ1n) is 13.7. The average Bonchev–Trinajstić information content (AvgIpc) is 3.41. The van der Waals surface area contributed by atoms with Crippen molar-refractivity contribution < 1.29 is 19.8 Å². The molecular weight excluding hydrogens is 448 g/mol. The minimum atomic E-state index is -2.24. The highest BCUT2D eigenvalue weighted by atomic mass is 16.6. The second-order valence-electron chi connectivity index (χ2n) is 10.3. The quantitative estimate of drug-likeness (QED) is 0.690. The molecule has 2 N–H and O–H groups in total. The van der Waals surface area contributed by atoms with Gasteiger partial charge >= 0.3 is 6.09 Å². The Balaban J connectivity index is 1.54. The van der Waals surface area contributed by atoms with Crippen molar-refractivity contribution in [3.8, 4) is 11.3 Å². The van der Waals surface area contributed by atoms with Crippen LogP contribution in [0.15, 0.2) is 12.4 Å². The van der Waals surface area contributed by atoms with Crippen molar-refractivity contribution in [2.24, 2.45) is 0 Å². The Morgan fingerprint density at radius 3 is 2.57 bits per heavy atom. The molecule has 1 amide bonds. The van der Waals surface area contributed by atoms with E-state index in [9.17, 15) is 4.79 Å². The zero-order valence-electron chi connectivity index (χ0n) is 24.5. The van der Waals surface area contributed by atoms with E-state index in [4.69, 9.17) is 30.7 Å². The van der Waals surface area contributed by atoms with Gasteiger partial charge in [-0.05, 0) is 40.5 Å². The summed E-state index contributed by atoms with van der Waals surface area (Å²) in [5.74, 6) is 0.962. The number of carbonyl (C=O) groups is 1. The smallest absolute Gasteiger partial charge is 0.410 e. The van der Waals surface area contributed by atoms with Crippen LogP contribution >= 0.6 is 0 Å². The van der Waals surface area contributed by atoms with Crippen molar-refractivity contribution in [2.45, 2.75) is 51.7 Å². The lowest BCUT2D eigenvalue weighted by Crippen LogP contribution is -2.49. The second kappa shape index (κ2) is 8.78. The van der Waals surface area contributed by atoms with Crippen LogP contribution < -0.4 is 15.5 Å². The minimum absolute atomic E-state index is 0.126. The third-order valence-corrected chi connectivity index (χ3v) is 6.45. The highest BCUT2D eigenvalue weighted by molar-refractivity contribution is 5.74. The number of rotatable bonds is 3. The van der Waals surface area contributed by atoms with E-state index in [-0.39, 0.29) is 31.1 Å². The van der Waals surface area contributed by atoms with E-state index < -0.39 is 24.3 Å². The minimum Gasteiger partial charge on any atom is -0.444 e. The Bertz CT molecular complexity index is 1260. The molecule has 5 rings (SSSR count). The molecule has 11 nitrogen and oxygen atoms in total. The van der Waals surface area contributed by atoms with Crippen LogP contribution in [0.1, 0.15) is 45.2 Å². The standard InChI is InChI=1S/C24H34N8O3/c1-23(2,3)35-22(33)31-8-6-24(4,15-31)32-7-5-17-18(16-13-26-20(25)27-14-16)28-21(29-19(17)32)30-9-11-34-12-10-30/h13-14H,5-12,15H2,1-4H3,(H2,25,26,27)/t24-/m0/s1/i11D2,12D2. The molecule has 0 radical (unpaired) electrons. The fourth-order valence-electron chi connectivity index (χ4n) is 4.73. The maximum Gasteiger partial charge on any atom is 0.410 e. The summed E-state index contributed by atoms with van der Waals surface area (Å²) in [6.07, 6.45) is 4.15. The van der Waals surface area contributed by atoms with Gasteiger partial charge in [-0.2, -0.15) is 4.98 Å². The normalized spacial score (nSPS) is 27.0. The third-order valence-electron chi connectivity index (χ3n) is 6.45. The van der Waals surface area contributed by atoms with Crippen molar-refractivity contribution in [2.75, 3.05) is 61.4 Å².